The number of fused-ring (bicyclic) bond motifs is 2. The first-order valence-corrected chi connectivity index (χ1v) is 6.96. The van der Waals surface area contributed by atoms with E-state index in [4.69, 9.17) is 5.73 Å². The van der Waals surface area contributed by atoms with Crippen LogP contribution in [-0.2, 0) is 11.2 Å². The molecule has 3 heteroatoms. The number of carbonyl (C=O) groups is 1. The van der Waals surface area contributed by atoms with E-state index in [1.54, 1.807) is 0 Å². The molecule has 3 aliphatic rings. The van der Waals surface area contributed by atoms with Crippen molar-refractivity contribution in [3.8, 4) is 0 Å². The Morgan fingerprint density at radius 2 is 2.06 bits per heavy atom. The molecule has 1 aliphatic heterocycles. The van der Waals surface area contributed by atoms with Crippen molar-refractivity contribution in [3.63, 3.8) is 0 Å². The summed E-state index contributed by atoms with van der Waals surface area (Å²) in [7, 11) is 0. The summed E-state index contributed by atoms with van der Waals surface area (Å²) in [5.74, 6) is 2.07. The van der Waals surface area contributed by atoms with Gasteiger partial charge in [-0.1, -0.05) is 12.5 Å². The SMILES string of the molecule is Nc1cccc2c1CCN2C(=O)C1C2CCCC21. The number of nitrogens with two attached hydrogens (primary N) is 1. The lowest BCUT2D eigenvalue weighted by Gasteiger charge is -2.18. The minimum Gasteiger partial charge on any atom is -0.398 e. The van der Waals surface area contributed by atoms with Crippen molar-refractivity contribution in [2.75, 3.05) is 17.2 Å². The second-order valence-corrected chi connectivity index (χ2v) is 5.87. The van der Waals surface area contributed by atoms with Gasteiger partial charge in [-0.15, -0.1) is 0 Å². The van der Waals surface area contributed by atoms with E-state index in [9.17, 15) is 4.79 Å². The Morgan fingerprint density at radius 3 is 2.83 bits per heavy atom. The number of nitrogen functional groups attached to an aromatic ring is 1. The zero-order valence-corrected chi connectivity index (χ0v) is 10.4. The quantitative estimate of drug-likeness (QED) is 0.767. The number of hydrogen-bond donors (Lipinski definition) is 1. The summed E-state index contributed by atoms with van der Waals surface area (Å²) >= 11 is 0. The van der Waals surface area contributed by atoms with Crippen LogP contribution >= 0.6 is 0 Å². The number of rotatable bonds is 1. The molecule has 0 bridgehead atoms. The van der Waals surface area contributed by atoms with Gasteiger partial charge in [-0.3, -0.25) is 4.79 Å². The van der Waals surface area contributed by atoms with Crippen LogP contribution in [-0.4, -0.2) is 12.5 Å². The van der Waals surface area contributed by atoms with Gasteiger partial charge in [0.05, 0.1) is 0 Å². The van der Waals surface area contributed by atoms with Crippen LogP contribution in [0.3, 0.4) is 0 Å². The highest BCUT2D eigenvalue weighted by Crippen LogP contribution is 2.58. The van der Waals surface area contributed by atoms with Crippen LogP contribution in [0.2, 0.25) is 0 Å². The molecule has 2 aliphatic carbocycles. The van der Waals surface area contributed by atoms with E-state index in [0.29, 0.717) is 23.7 Å². The number of carbonyl (C=O) groups excluding carboxylic acids is 1. The van der Waals surface area contributed by atoms with Gasteiger partial charge in [0.15, 0.2) is 0 Å². The van der Waals surface area contributed by atoms with E-state index in [-0.39, 0.29) is 0 Å². The van der Waals surface area contributed by atoms with Gasteiger partial charge in [0.25, 0.3) is 0 Å². The Hall–Kier alpha value is -1.51. The molecule has 2 fully saturated rings. The second-order valence-electron chi connectivity index (χ2n) is 5.87. The zero-order valence-electron chi connectivity index (χ0n) is 10.4. The molecular weight excluding hydrogens is 224 g/mol. The fourth-order valence-electron chi connectivity index (χ4n) is 4.06. The van der Waals surface area contributed by atoms with Crippen molar-refractivity contribution in [1.82, 2.24) is 0 Å². The van der Waals surface area contributed by atoms with E-state index in [0.717, 1.165) is 29.9 Å². The van der Waals surface area contributed by atoms with Gasteiger partial charge in [-0.05, 0) is 43.2 Å². The second kappa shape index (κ2) is 3.50. The number of anilines is 2. The lowest BCUT2D eigenvalue weighted by Crippen LogP contribution is -2.31. The molecule has 0 aromatic heterocycles. The van der Waals surface area contributed by atoms with Gasteiger partial charge in [0, 0.05) is 29.4 Å². The van der Waals surface area contributed by atoms with Gasteiger partial charge in [-0.25, -0.2) is 0 Å². The highest BCUT2D eigenvalue weighted by atomic mass is 16.2. The maximum absolute atomic E-state index is 12.6. The third-order valence-electron chi connectivity index (χ3n) is 5.02. The number of hydrogen-bond acceptors (Lipinski definition) is 2. The summed E-state index contributed by atoms with van der Waals surface area (Å²) in [4.78, 5) is 14.6. The predicted octanol–water partition coefficient (Wildman–Crippen LogP) is 2.20. The summed E-state index contributed by atoms with van der Waals surface area (Å²) in [6.07, 6.45) is 4.76. The largest absolute Gasteiger partial charge is 0.398 e. The average molecular weight is 242 g/mol. The standard InChI is InChI=1S/C15H18N2O/c16-12-5-2-6-13-11(12)7-8-17(13)15(18)14-9-3-1-4-10(9)14/h2,5-6,9-10,14H,1,3-4,7-8,16H2. The molecule has 2 atom stereocenters. The molecule has 1 aromatic carbocycles. The fourth-order valence-corrected chi connectivity index (χ4v) is 4.06. The maximum Gasteiger partial charge on any atom is 0.230 e. The molecular formula is C15H18N2O. The summed E-state index contributed by atoms with van der Waals surface area (Å²) in [5, 5.41) is 0. The predicted molar refractivity (Wildman–Crippen MR) is 71.2 cm³/mol. The van der Waals surface area contributed by atoms with Crippen molar-refractivity contribution >= 4 is 17.3 Å². The van der Waals surface area contributed by atoms with Crippen LogP contribution in [0, 0.1) is 17.8 Å². The highest BCUT2D eigenvalue weighted by Gasteiger charge is 2.57. The number of amides is 1. The summed E-state index contributed by atoms with van der Waals surface area (Å²) in [6.45, 7) is 0.818. The first-order valence-electron chi connectivity index (χ1n) is 6.96. The van der Waals surface area contributed by atoms with Crippen LogP contribution in [0.25, 0.3) is 0 Å². The van der Waals surface area contributed by atoms with E-state index in [1.807, 2.05) is 23.1 Å². The van der Waals surface area contributed by atoms with Crippen LogP contribution < -0.4 is 10.6 Å². The Morgan fingerprint density at radius 1 is 1.28 bits per heavy atom. The van der Waals surface area contributed by atoms with Gasteiger partial charge in [0.1, 0.15) is 0 Å². The topological polar surface area (TPSA) is 46.3 Å². The van der Waals surface area contributed by atoms with Gasteiger partial charge in [0.2, 0.25) is 5.91 Å². The van der Waals surface area contributed by atoms with Crippen molar-refractivity contribution in [2.45, 2.75) is 25.7 Å². The Labute approximate surface area is 107 Å². The molecule has 0 radical (unpaired) electrons. The molecule has 0 saturated heterocycles. The Kier molecular flexibility index (Phi) is 2.02. The normalized spacial score (nSPS) is 32.2. The van der Waals surface area contributed by atoms with E-state index in [1.165, 1.54) is 19.3 Å². The monoisotopic (exact) mass is 242 g/mol. The van der Waals surface area contributed by atoms with Crippen molar-refractivity contribution in [3.05, 3.63) is 23.8 Å². The van der Waals surface area contributed by atoms with Crippen molar-refractivity contribution in [1.29, 1.82) is 0 Å². The molecule has 2 unspecified atom stereocenters. The van der Waals surface area contributed by atoms with Crippen molar-refractivity contribution in [2.24, 2.45) is 17.8 Å². The van der Waals surface area contributed by atoms with Crippen LogP contribution in [0.1, 0.15) is 24.8 Å². The number of nitrogens with zero attached hydrogens (tertiary/aromatic N) is 1. The lowest BCUT2D eigenvalue weighted by atomic mass is 10.1. The third-order valence-corrected chi connectivity index (χ3v) is 5.02. The van der Waals surface area contributed by atoms with Gasteiger partial charge in [-0.2, -0.15) is 0 Å². The smallest absolute Gasteiger partial charge is 0.230 e. The highest BCUT2D eigenvalue weighted by molar-refractivity contribution is 5.99. The lowest BCUT2D eigenvalue weighted by molar-refractivity contribution is -0.120. The minimum absolute atomic E-state index is 0.325. The third kappa shape index (κ3) is 1.27. The first kappa shape index (κ1) is 10.4. The summed E-state index contributed by atoms with van der Waals surface area (Å²) < 4.78 is 0. The van der Waals surface area contributed by atoms with E-state index < -0.39 is 0 Å². The molecule has 0 spiro atoms. The molecule has 1 heterocycles. The summed E-state index contributed by atoms with van der Waals surface area (Å²) in [6, 6.07) is 5.92. The van der Waals surface area contributed by atoms with Gasteiger partial charge < -0.3 is 10.6 Å². The molecule has 18 heavy (non-hydrogen) atoms. The molecule has 2 saturated carbocycles. The molecule has 3 nitrogen and oxygen atoms in total. The molecule has 4 rings (SSSR count). The molecule has 1 aromatic rings. The zero-order chi connectivity index (χ0) is 12.3. The molecule has 1 amide bonds. The minimum atomic E-state index is 0.325. The Balaban J connectivity index is 1.61. The van der Waals surface area contributed by atoms with Gasteiger partial charge >= 0.3 is 0 Å². The Bertz CT molecular complexity index is 515. The molecule has 2 N–H and O–H groups in total. The fraction of sp³-hybridized carbons (Fsp3) is 0.533. The maximum atomic E-state index is 12.6. The van der Waals surface area contributed by atoms with E-state index in [2.05, 4.69) is 0 Å². The van der Waals surface area contributed by atoms with Crippen LogP contribution in [0.5, 0.6) is 0 Å². The first-order chi connectivity index (χ1) is 8.77. The molecule has 94 valence electrons. The van der Waals surface area contributed by atoms with Crippen LogP contribution in [0.15, 0.2) is 18.2 Å². The average Bonchev–Trinajstić information content (AvgIpc) is 2.79. The summed E-state index contributed by atoms with van der Waals surface area (Å²) in [5.41, 5.74) is 9.04. The van der Waals surface area contributed by atoms with Crippen molar-refractivity contribution < 1.29 is 4.79 Å². The van der Waals surface area contributed by atoms with Crippen LogP contribution in [0.4, 0.5) is 11.4 Å². The van der Waals surface area contributed by atoms with E-state index >= 15 is 0 Å². The number of benzene rings is 1.